The highest BCUT2D eigenvalue weighted by atomic mass is 15.3. The monoisotopic (exact) mass is 1530 g/mol. The molecule has 0 radical (unpaired) electrons. The van der Waals surface area contributed by atoms with Gasteiger partial charge in [-0.15, -0.1) is 0 Å². The maximum absolute atomic E-state index is 10.2. The fourth-order valence-corrected chi connectivity index (χ4v) is 18.1. The first kappa shape index (κ1) is 102. The molecule has 0 atom stereocenters. The van der Waals surface area contributed by atoms with Crippen LogP contribution in [0.1, 0.15) is 589 Å². The van der Waals surface area contributed by atoms with Crippen molar-refractivity contribution in [2.45, 2.75) is 580 Å². The maximum Gasteiger partial charge on any atom is 0.216 e. The highest BCUT2D eigenvalue weighted by molar-refractivity contribution is 6.17. The molecule has 2 nitrogen and oxygen atoms in total. The number of unbranched alkanes of at least 4 members (excludes halogenated alkanes) is 80. The van der Waals surface area contributed by atoms with Crippen molar-refractivity contribution in [3.63, 3.8) is 0 Å². The van der Waals surface area contributed by atoms with Gasteiger partial charge in [0.05, 0.1) is 11.1 Å². The minimum absolute atomic E-state index is 1.07. The summed E-state index contributed by atoms with van der Waals surface area (Å²) < 4.78 is 1.86. The zero-order chi connectivity index (χ0) is 78.8. The molecule has 2 heteroatoms. The average Bonchev–Trinajstić information content (AvgIpc) is 1.61. The SMILES string of the molecule is CCCCCCCCCCCCCCCCCCCCCCC=C1C(C=CCCCCCCCCCCCCCCCCCCCCCCCCCC)=C(c2ccc(CCCCCCCCCCCCCCCCCCCCC)cc2)[N+]([NH-])=C1c1ccc(CCCCCCCCCCCCCCCCCCCCC)cc1. The van der Waals surface area contributed by atoms with Crippen LogP contribution in [0.25, 0.3) is 11.5 Å². The van der Waals surface area contributed by atoms with E-state index >= 15 is 0 Å². The van der Waals surface area contributed by atoms with Gasteiger partial charge >= 0.3 is 0 Å². The lowest BCUT2D eigenvalue weighted by molar-refractivity contribution is -0.347. The average molecular weight is 1530 g/mol. The summed E-state index contributed by atoms with van der Waals surface area (Å²) in [5.41, 5.74) is 10.0. The Hall–Kier alpha value is -2.87. The van der Waals surface area contributed by atoms with Crippen molar-refractivity contribution in [3.8, 4) is 0 Å². The van der Waals surface area contributed by atoms with Gasteiger partial charge in [-0.25, -0.2) is 4.68 Å². The van der Waals surface area contributed by atoms with Crippen molar-refractivity contribution >= 4 is 11.4 Å². The molecule has 0 saturated heterocycles. The Labute approximate surface area is 697 Å². The van der Waals surface area contributed by atoms with Crippen LogP contribution in [0.4, 0.5) is 0 Å². The molecule has 1 heterocycles. The summed E-state index contributed by atoms with van der Waals surface area (Å²) >= 11 is 0. The van der Waals surface area contributed by atoms with Crippen molar-refractivity contribution < 1.29 is 4.68 Å². The zero-order valence-electron chi connectivity index (χ0n) is 76.1. The van der Waals surface area contributed by atoms with Crippen LogP contribution in [-0.4, -0.2) is 10.4 Å². The summed E-state index contributed by atoms with van der Waals surface area (Å²) in [6.45, 7) is 9.28. The molecule has 0 unspecified atom stereocenters. The first-order valence-electron chi connectivity index (χ1n) is 51.8. The predicted octanol–water partition coefficient (Wildman–Crippen LogP) is 39.3. The van der Waals surface area contributed by atoms with E-state index in [-0.39, 0.29) is 0 Å². The predicted molar refractivity (Wildman–Crippen MR) is 504 cm³/mol. The van der Waals surface area contributed by atoms with Crippen LogP contribution < -0.4 is 0 Å². The summed E-state index contributed by atoms with van der Waals surface area (Å²) in [7, 11) is 0. The maximum atomic E-state index is 10.2. The van der Waals surface area contributed by atoms with E-state index in [1.807, 2.05) is 4.68 Å². The molecule has 0 saturated carbocycles. The molecule has 1 aliphatic rings. The molecular formula is C109H196N2. The van der Waals surface area contributed by atoms with Gasteiger partial charge in [0.25, 0.3) is 0 Å². The molecule has 0 bridgehead atoms. The number of rotatable bonds is 89. The van der Waals surface area contributed by atoms with Gasteiger partial charge in [-0.1, -0.05) is 571 Å². The topological polar surface area (TPSA) is 26.8 Å². The Kier molecular flexibility index (Phi) is 75.8. The lowest BCUT2D eigenvalue weighted by atomic mass is 9.93. The second-order valence-corrected chi connectivity index (χ2v) is 36.5. The molecule has 0 aromatic heterocycles. The number of aryl methyl sites for hydroxylation is 2. The van der Waals surface area contributed by atoms with Crippen molar-refractivity contribution in [1.82, 2.24) is 0 Å². The second kappa shape index (κ2) is 82.2. The van der Waals surface area contributed by atoms with Crippen molar-refractivity contribution in [2.75, 3.05) is 0 Å². The minimum atomic E-state index is 1.07. The Morgan fingerprint density at radius 2 is 0.405 bits per heavy atom. The molecular weight excluding hydrogens is 1340 g/mol. The van der Waals surface area contributed by atoms with Crippen LogP contribution in [0, 0.1) is 0 Å². The van der Waals surface area contributed by atoms with Gasteiger partial charge in [-0.05, 0) is 86.8 Å². The summed E-state index contributed by atoms with van der Waals surface area (Å²) in [6.07, 6.45) is 129. The van der Waals surface area contributed by atoms with E-state index < -0.39 is 0 Å². The molecule has 2 aromatic rings. The Morgan fingerprint density at radius 1 is 0.216 bits per heavy atom. The van der Waals surface area contributed by atoms with Crippen LogP contribution in [0.3, 0.4) is 0 Å². The van der Waals surface area contributed by atoms with Crippen LogP contribution in [0.2, 0.25) is 0 Å². The Balaban J connectivity index is 1.58. The number of allylic oxidation sites excluding steroid dienone is 5. The number of nitrogens with one attached hydrogen (secondary N) is 1. The third-order valence-corrected chi connectivity index (χ3v) is 25.8. The molecule has 2 aromatic carbocycles. The quantitative estimate of drug-likeness (QED) is 0.0466. The van der Waals surface area contributed by atoms with Crippen LogP contribution >= 0.6 is 0 Å². The molecule has 1 aliphatic heterocycles. The lowest BCUT2D eigenvalue weighted by Crippen LogP contribution is -2.11. The van der Waals surface area contributed by atoms with Gasteiger partial charge in [0.1, 0.15) is 0 Å². The summed E-state index contributed by atoms with van der Waals surface area (Å²) in [5.74, 6) is 10.2. The zero-order valence-corrected chi connectivity index (χ0v) is 76.1. The smallest absolute Gasteiger partial charge is 0.216 e. The molecule has 1 N–H and O–H groups in total. The molecule has 3 rings (SSSR count). The van der Waals surface area contributed by atoms with Gasteiger partial charge in [0.15, 0.2) is 0 Å². The van der Waals surface area contributed by atoms with Crippen molar-refractivity contribution in [3.05, 3.63) is 106 Å². The van der Waals surface area contributed by atoms with Gasteiger partial charge in [0, 0.05) is 11.1 Å². The number of hydrogen-bond acceptors (Lipinski definition) is 0. The highest BCUT2D eigenvalue weighted by Gasteiger charge is 2.34. The van der Waals surface area contributed by atoms with Crippen LogP contribution in [0.5, 0.6) is 0 Å². The number of nitrogens with zero attached hydrogens (tertiary/aromatic N) is 1. The third-order valence-electron chi connectivity index (χ3n) is 25.8. The molecule has 0 aliphatic carbocycles. The Bertz CT molecular complexity index is 2340. The number of hydrogen-bond donors (Lipinski definition) is 0. The first-order chi connectivity index (χ1) is 55.1. The van der Waals surface area contributed by atoms with E-state index in [2.05, 4.69) is 94.5 Å². The molecule has 111 heavy (non-hydrogen) atoms. The summed E-state index contributed by atoms with van der Waals surface area (Å²) in [5, 5.41) is 0. The molecule has 0 amide bonds. The summed E-state index contributed by atoms with van der Waals surface area (Å²) in [4.78, 5) is 0. The Morgan fingerprint density at radius 3 is 0.631 bits per heavy atom. The standard InChI is InChI=1S/C109H196N2/c1-5-9-13-17-21-25-29-33-37-41-45-47-48-49-50-51-53-57-61-65-69-73-77-81-85-89-93-107-106(92-88-84-80-76-72-68-64-60-56-52-46-42-38-34-30-26-22-18-14-10-6-2)108(104-98-94-102(95-99-104)90-86-82-78-74-70-66-62-58-54-43-39-35-31-27-23-19-15-11-7-3)111(110)109(107)105-100-96-103(97-101-105)91-87-83-79-75-71-67-63-59-55-44-40-36-32-28-24-20-16-12-8-4/h89,92-101,110H,5-88,90-91H2,1-4H3. The van der Waals surface area contributed by atoms with E-state index in [9.17, 15) is 5.84 Å². The van der Waals surface area contributed by atoms with Crippen molar-refractivity contribution in [1.29, 1.82) is 0 Å². The van der Waals surface area contributed by atoms with E-state index in [0.717, 1.165) is 37.1 Å². The normalized spacial score (nSPS) is 13.0. The van der Waals surface area contributed by atoms with E-state index in [1.54, 1.807) is 0 Å². The molecule has 642 valence electrons. The lowest BCUT2D eigenvalue weighted by Gasteiger charge is -2.10. The van der Waals surface area contributed by atoms with E-state index in [1.165, 1.54) is 560 Å². The fraction of sp³-hybridized carbons (Fsp3) is 0.826. The molecule has 0 fully saturated rings. The largest absolute Gasteiger partial charge is 0.448 e. The fourth-order valence-electron chi connectivity index (χ4n) is 18.1. The number of benzene rings is 2. The van der Waals surface area contributed by atoms with Gasteiger partial charge in [-0.3, -0.25) is 0 Å². The summed E-state index contributed by atoms with van der Waals surface area (Å²) in [6, 6.07) is 19.1. The highest BCUT2D eigenvalue weighted by Crippen LogP contribution is 2.37. The van der Waals surface area contributed by atoms with E-state index in [4.69, 9.17) is 0 Å². The third kappa shape index (κ3) is 62.1. The molecule has 0 spiro atoms. The van der Waals surface area contributed by atoms with Gasteiger partial charge in [0.2, 0.25) is 11.4 Å². The van der Waals surface area contributed by atoms with E-state index in [0.29, 0.717) is 0 Å². The minimum Gasteiger partial charge on any atom is -0.448 e. The first-order valence-corrected chi connectivity index (χ1v) is 51.8. The van der Waals surface area contributed by atoms with Gasteiger partial charge in [-0.2, -0.15) is 0 Å². The van der Waals surface area contributed by atoms with Gasteiger partial charge < -0.3 is 5.84 Å². The van der Waals surface area contributed by atoms with Crippen LogP contribution in [0.15, 0.2) is 77.9 Å². The second-order valence-electron chi connectivity index (χ2n) is 36.5. The van der Waals surface area contributed by atoms with Crippen molar-refractivity contribution in [2.24, 2.45) is 0 Å². The van der Waals surface area contributed by atoms with Crippen LogP contribution in [-0.2, 0) is 12.8 Å².